The molecule has 2 nitrogen and oxygen atoms in total. The van der Waals surface area contributed by atoms with Gasteiger partial charge in [-0.1, -0.05) is 0 Å². The predicted molar refractivity (Wildman–Crippen MR) is 55.3 cm³/mol. The van der Waals surface area contributed by atoms with Gasteiger partial charge in [-0.3, -0.25) is 0 Å². The third-order valence-electron chi connectivity index (χ3n) is 2.89. The molecule has 134 valence electrons. The average Bonchev–Trinajstić information content (AvgIpc) is 2.25. The summed E-state index contributed by atoms with van der Waals surface area (Å²) in [5.74, 6) is -20.1. The Morgan fingerprint density at radius 3 is 1.23 bits per heavy atom. The van der Waals surface area contributed by atoms with Gasteiger partial charge < -0.3 is 4.55 Å². The van der Waals surface area contributed by atoms with Gasteiger partial charge in [-0.2, -0.15) is 35.1 Å². The molecule has 0 radical (unpaired) electrons. The first-order valence-electron chi connectivity index (χ1n) is 5.19. The van der Waals surface area contributed by atoms with E-state index in [9.17, 15) is 48.1 Å². The molecule has 0 amide bonds. The third-order valence-corrected chi connectivity index (χ3v) is 3.71. The van der Waals surface area contributed by atoms with Crippen LogP contribution in [-0.2, 0) is 11.1 Å². The van der Waals surface area contributed by atoms with Crippen LogP contribution in [0, 0.1) is 0 Å². The van der Waals surface area contributed by atoms with Gasteiger partial charge in [-0.15, -0.1) is 0 Å². The van der Waals surface area contributed by atoms with Gasteiger partial charge in [0.25, 0.3) is 5.67 Å². The van der Waals surface area contributed by atoms with Crippen LogP contribution in [0.4, 0.5) is 43.9 Å². The molecular formula is C9H10F10O2S. The lowest BCUT2D eigenvalue weighted by atomic mass is 9.85. The lowest BCUT2D eigenvalue weighted by Gasteiger charge is -2.43. The zero-order valence-corrected chi connectivity index (χ0v) is 11.9. The van der Waals surface area contributed by atoms with Gasteiger partial charge in [-0.25, -0.2) is 13.0 Å². The minimum atomic E-state index is -6.94. The molecule has 0 aromatic carbocycles. The summed E-state index contributed by atoms with van der Waals surface area (Å²) in [7, 11) is 0. The van der Waals surface area contributed by atoms with Crippen molar-refractivity contribution in [3.05, 3.63) is 0 Å². The molecule has 0 aliphatic rings. The second-order valence-electron chi connectivity index (χ2n) is 4.96. The topological polar surface area (TPSA) is 37.3 Å². The molecule has 1 N–H and O–H groups in total. The Morgan fingerprint density at radius 1 is 0.682 bits per heavy atom. The van der Waals surface area contributed by atoms with Crippen molar-refractivity contribution in [2.24, 2.45) is 0 Å². The second-order valence-corrected chi connectivity index (χ2v) is 5.98. The maximum Gasteiger partial charge on any atom is 0.384 e. The van der Waals surface area contributed by atoms with E-state index in [1.165, 1.54) is 0 Å². The fraction of sp³-hybridized carbons (Fsp3) is 1.00. The van der Waals surface area contributed by atoms with Gasteiger partial charge in [-0.05, 0) is 20.8 Å². The lowest BCUT2D eigenvalue weighted by Crippen LogP contribution is -2.71. The Hall–Kier alpha value is -0.590. The number of alkyl halides is 10. The molecule has 0 heterocycles. The summed E-state index contributed by atoms with van der Waals surface area (Å²) in [6.45, 7) is -1.47. The maximum absolute atomic E-state index is 13.5. The third kappa shape index (κ3) is 2.59. The van der Waals surface area contributed by atoms with Crippen molar-refractivity contribution in [2.45, 2.75) is 55.1 Å². The van der Waals surface area contributed by atoms with Crippen molar-refractivity contribution in [3.63, 3.8) is 0 Å². The van der Waals surface area contributed by atoms with Crippen LogP contribution in [0.5, 0.6) is 0 Å². The van der Waals surface area contributed by atoms with E-state index < -0.39 is 52.4 Å². The first-order chi connectivity index (χ1) is 9.19. The predicted octanol–water partition coefficient (Wildman–Crippen LogP) is 4.18. The lowest BCUT2D eigenvalue weighted by molar-refractivity contribution is -0.377. The summed E-state index contributed by atoms with van der Waals surface area (Å²) >= 11 is -4.73. The van der Waals surface area contributed by atoms with Crippen LogP contribution in [0.3, 0.4) is 0 Å². The number of rotatable bonds is 6. The molecule has 0 aliphatic carbocycles. The van der Waals surface area contributed by atoms with Crippen molar-refractivity contribution < 1.29 is 52.7 Å². The monoisotopic (exact) mass is 372 g/mol. The van der Waals surface area contributed by atoms with E-state index in [2.05, 4.69) is 0 Å². The van der Waals surface area contributed by atoms with Crippen LogP contribution in [0.15, 0.2) is 0 Å². The van der Waals surface area contributed by atoms with Gasteiger partial charge >= 0.3 is 23.0 Å². The van der Waals surface area contributed by atoms with Crippen molar-refractivity contribution in [2.75, 3.05) is 0 Å². The van der Waals surface area contributed by atoms with Crippen LogP contribution in [0.1, 0.15) is 20.8 Å². The highest BCUT2D eigenvalue weighted by molar-refractivity contribution is 7.80. The van der Waals surface area contributed by atoms with Crippen molar-refractivity contribution >= 4 is 11.1 Å². The van der Waals surface area contributed by atoms with E-state index >= 15 is 0 Å². The molecule has 0 fully saturated rings. The number of hydrogen-bond donors (Lipinski definition) is 1. The summed E-state index contributed by atoms with van der Waals surface area (Å²) in [6.07, 6.45) is 0. The molecule has 2 unspecified atom stereocenters. The Balaban J connectivity index is 6.29. The summed E-state index contributed by atoms with van der Waals surface area (Å²) in [5.41, 5.74) is -10.2. The maximum atomic E-state index is 13.5. The summed E-state index contributed by atoms with van der Waals surface area (Å²) in [4.78, 5) is 0. The quantitative estimate of drug-likeness (QED) is 0.561. The van der Waals surface area contributed by atoms with E-state index in [0.717, 1.165) is 0 Å². The fourth-order valence-electron chi connectivity index (χ4n) is 1.21. The molecule has 13 heteroatoms. The van der Waals surface area contributed by atoms with Crippen LogP contribution in [-0.4, -0.2) is 43.1 Å². The van der Waals surface area contributed by atoms with E-state index in [0.29, 0.717) is 0 Å². The molecule has 0 aromatic rings. The minimum absolute atomic E-state index is 0.255. The average molecular weight is 372 g/mol. The molecule has 22 heavy (non-hydrogen) atoms. The largest absolute Gasteiger partial charge is 0.384 e. The molecule has 0 rings (SSSR count). The zero-order valence-electron chi connectivity index (χ0n) is 11.0. The van der Waals surface area contributed by atoms with Gasteiger partial charge in [0.05, 0.1) is 0 Å². The molecule has 0 saturated carbocycles. The van der Waals surface area contributed by atoms with Crippen molar-refractivity contribution in [1.29, 1.82) is 0 Å². The van der Waals surface area contributed by atoms with Crippen molar-refractivity contribution in [3.8, 4) is 0 Å². The minimum Gasteiger partial charge on any atom is -0.301 e. The number of halogens is 10. The van der Waals surface area contributed by atoms with Gasteiger partial charge in [0, 0.05) is 0 Å². The smallest absolute Gasteiger partial charge is 0.301 e. The fourth-order valence-corrected chi connectivity index (χ4v) is 1.67. The molecule has 0 saturated heterocycles. The molecule has 2 atom stereocenters. The van der Waals surface area contributed by atoms with Crippen LogP contribution < -0.4 is 0 Å². The normalized spacial score (nSPS) is 19.7. The van der Waals surface area contributed by atoms with Crippen LogP contribution in [0.2, 0.25) is 0 Å². The molecule has 0 aromatic heterocycles. The summed E-state index contributed by atoms with van der Waals surface area (Å²) < 4.78 is 150. The second kappa shape index (κ2) is 5.21. The molecular weight excluding hydrogens is 362 g/mol. The van der Waals surface area contributed by atoms with E-state index in [4.69, 9.17) is 4.55 Å². The van der Waals surface area contributed by atoms with E-state index in [-0.39, 0.29) is 13.8 Å². The first-order valence-corrected chi connectivity index (χ1v) is 6.30. The molecule has 0 spiro atoms. The van der Waals surface area contributed by atoms with E-state index in [1.54, 1.807) is 0 Å². The highest BCUT2D eigenvalue weighted by atomic mass is 32.2. The Morgan fingerprint density at radius 2 is 1.00 bits per heavy atom. The Bertz CT molecular complexity index is 454. The van der Waals surface area contributed by atoms with Gasteiger partial charge in [0.1, 0.15) is 0 Å². The zero-order chi connectivity index (χ0) is 18.6. The Kier molecular flexibility index (Phi) is 5.07. The van der Waals surface area contributed by atoms with Crippen molar-refractivity contribution in [1.82, 2.24) is 0 Å². The van der Waals surface area contributed by atoms with Crippen LogP contribution in [0.25, 0.3) is 0 Å². The number of hydrogen-bond acceptors (Lipinski definition) is 1. The van der Waals surface area contributed by atoms with Gasteiger partial charge in [0.15, 0.2) is 5.67 Å². The highest BCUT2D eigenvalue weighted by Crippen LogP contribution is 2.59. The molecule has 0 aliphatic heterocycles. The summed E-state index contributed by atoms with van der Waals surface area (Å²) in [5, 5.41) is -6.05. The van der Waals surface area contributed by atoms with Crippen LogP contribution >= 0.6 is 0 Å². The van der Waals surface area contributed by atoms with E-state index in [1.807, 2.05) is 0 Å². The SMILES string of the molecule is CC(C)(F)C(F)(F)C(F)(F)C(F)(F)C(C)(F)C(F)(F)S(=O)O. The highest BCUT2D eigenvalue weighted by Gasteiger charge is 2.86. The van der Waals surface area contributed by atoms with Gasteiger partial charge in [0.2, 0.25) is 11.1 Å². The Labute approximate surface area is 120 Å². The first kappa shape index (κ1) is 21.4. The summed E-state index contributed by atoms with van der Waals surface area (Å²) in [6, 6.07) is 0. The standard InChI is InChI=1S/C9H10F10O2S/c1-4(2,10)6(12,13)8(16,17)7(14,15)5(3,11)9(18,19)22(20)21/h1-3H3,(H,20,21). The molecule has 0 bridgehead atoms.